The van der Waals surface area contributed by atoms with Crippen molar-refractivity contribution >= 4 is 15.9 Å². The van der Waals surface area contributed by atoms with Crippen LogP contribution >= 0.6 is 15.9 Å². The number of piperidine rings is 1. The number of halogens is 1. The largest absolute Gasteiger partial charge is 0.376 e. The lowest BCUT2D eigenvalue weighted by molar-refractivity contribution is -0.103. The Morgan fingerprint density at radius 2 is 2.00 bits per heavy atom. The predicted molar refractivity (Wildman–Crippen MR) is 86.0 cm³/mol. The maximum Gasteiger partial charge on any atom is 0.0556 e. The molecule has 0 aromatic heterocycles. The van der Waals surface area contributed by atoms with Gasteiger partial charge in [0, 0.05) is 16.9 Å². The van der Waals surface area contributed by atoms with Crippen LogP contribution in [0.2, 0.25) is 0 Å². The molecule has 1 N–H and O–H groups in total. The number of nitrogens with one attached hydrogen (secondary N) is 1. The summed E-state index contributed by atoms with van der Waals surface area (Å²) in [7, 11) is 0. The van der Waals surface area contributed by atoms with Gasteiger partial charge in [-0.2, -0.15) is 0 Å². The zero-order valence-electron chi connectivity index (χ0n) is 12.4. The van der Waals surface area contributed by atoms with E-state index in [-0.39, 0.29) is 0 Å². The van der Waals surface area contributed by atoms with E-state index in [2.05, 4.69) is 59.4 Å². The van der Waals surface area contributed by atoms with Crippen molar-refractivity contribution in [1.82, 2.24) is 5.32 Å². The minimum absolute atomic E-state index is 0.381. The Labute approximate surface area is 130 Å². The summed E-state index contributed by atoms with van der Waals surface area (Å²) >= 11 is 3.62. The predicted octanol–water partition coefficient (Wildman–Crippen LogP) is 4.10. The highest BCUT2D eigenvalue weighted by atomic mass is 79.9. The molecular formula is C17H24BrNO. The first kappa shape index (κ1) is 14.6. The third-order valence-corrected chi connectivity index (χ3v) is 5.48. The Kier molecular flexibility index (Phi) is 4.21. The smallest absolute Gasteiger partial charge is 0.0556 e. The summed E-state index contributed by atoms with van der Waals surface area (Å²) in [6.45, 7) is 6.70. The van der Waals surface area contributed by atoms with Gasteiger partial charge >= 0.3 is 0 Å². The zero-order chi connectivity index (χ0) is 14.2. The van der Waals surface area contributed by atoms with E-state index in [1.807, 2.05) is 0 Å². The standard InChI is InChI=1S/C17H24BrNO/c1-12-9-17(10-13(2)20-12)6-7-19-11-16(17)14-4-3-5-15(18)8-14/h3-5,8,12-13,16,19H,6-7,9-11H2,1-2H3. The molecule has 0 saturated carbocycles. The van der Waals surface area contributed by atoms with Crippen molar-refractivity contribution < 1.29 is 4.74 Å². The lowest BCUT2D eigenvalue weighted by Crippen LogP contribution is -2.49. The van der Waals surface area contributed by atoms with Crippen molar-refractivity contribution in [2.24, 2.45) is 5.41 Å². The number of rotatable bonds is 1. The van der Waals surface area contributed by atoms with Crippen molar-refractivity contribution in [3.8, 4) is 0 Å². The van der Waals surface area contributed by atoms with E-state index in [9.17, 15) is 0 Å². The van der Waals surface area contributed by atoms with Crippen molar-refractivity contribution in [3.05, 3.63) is 34.3 Å². The fourth-order valence-electron chi connectivity index (χ4n) is 4.38. The first-order valence-corrected chi connectivity index (χ1v) is 8.50. The van der Waals surface area contributed by atoms with Gasteiger partial charge in [0.25, 0.3) is 0 Å². The molecule has 2 fully saturated rings. The number of ether oxygens (including phenoxy) is 1. The van der Waals surface area contributed by atoms with Crippen LogP contribution in [0.4, 0.5) is 0 Å². The van der Waals surface area contributed by atoms with E-state index in [1.165, 1.54) is 29.3 Å². The number of hydrogen-bond donors (Lipinski definition) is 1. The maximum atomic E-state index is 5.99. The first-order valence-electron chi connectivity index (χ1n) is 7.71. The van der Waals surface area contributed by atoms with Crippen LogP contribution in [0.25, 0.3) is 0 Å². The monoisotopic (exact) mass is 337 g/mol. The summed E-state index contributed by atoms with van der Waals surface area (Å²) in [5.41, 5.74) is 1.87. The van der Waals surface area contributed by atoms with Gasteiger partial charge in [0.15, 0.2) is 0 Å². The molecule has 3 unspecified atom stereocenters. The highest BCUT2D eigenvalue weighted by molar-refractivity contribution is 9.10. The van der Waals surface area contributed by atoms with Gasteiger partial charge in [-0.05, 0) is 62.8 Å². The van der Waals surface area contributed by atoms with Crippen molar-refractivity contribution in [3.63, 3.8) is 0 Å². The molecule has 2 nitrogen and oxygen atoms in total. The van der Waals surface area contributed by atoms with Gasteiger partial charge in [0.1, 0.15) is 0 Å². The summed E-state index contributed by atoms with van der Waals surface area (Å²) in [6.07, 6.45) is 4.41. The molecule has 3 atom stereocenters. The highest BCUT2D eigenvalue weighted by Crippen LogP contribution is 2.51. The summed E-state index contributed by atoms with van der Waals surface area (Å²) in [4.78, 5) is 0. The van der Waals surface area contributed by atoms with Crippen molar-refractivity contribution in [2.75, 3.05) is 13.1 Å². The summed E-state index contributed by atoms with van der Waals surface area (Å²) in [5, 5.41) is 3.60. The van der Waals surface area contributed by atoms with Gasteiger partial charge < -0.3 is 10.1 Å². The van der Waals surface area contributed by atoms with E-state index >= 15 is 0 Å². The van der Waals surface area contributed by atoms with Gasteiger partial charge in [0.05, 0.1) is 12.2 Å². The molecule has 2 heterocycles. The molecule has 110 valence electrons. The van der Waals surface area contributed by atoms with Crippen LogP contribution in [0, 0.1) is 5.41 Å². The van der Waals surface area contributed by atoms with Crippen LogP contribution in [-0.2, 0) is 4.74 Å². The molecule has 0 bridgehead atoms. The summed E-state index contributed by atoms with van der Waals surface area (Å²) in [5.74, 6) is 0.600. The Balaban J connectivity index is 1.94. The van der Waals surface area contributed by atoms with Gasteiger partial charge in [-0.1, -0.05) is 28.1 Å². The Morgan fingerprint density at radius 3 is 2.70 bits per heavy atom. The first-order chi connectivity index (χ1) is 9.59. The van der Waals surface area contributed by atoms with Crippen LogP contribution < -0.4 is 5.32 Å². The van der Waals surface area contributed by atoms with Crippen molar-refractivity contribution in [1.29, 1.82) is 0 Å². The number of benzene rings is 1. The molecule has 2 aliphatic heterocycles. The second-order valence-corrected chi connectivity index (χ2v) is 7.51. The average Bonchev–Trinajstić information content (AvgIpc) is 2.37. The summed E-state index contributed by atoms with van der Waals surface area (Å²) < 4.78 is 7.18. The normalized spacial score (nSPS) is 38.0. The lowest BCUT2D eigenvalue weighted by Gasteiger charge is -2.50. The number of hydrogen-bond acceptors (Lipinski definition) is 2. The third kappa shape index (κ3) is 2.81. The molecule has 1 spiro atoms. The molecular weight excluding hydrogens is 314 g/mol. The van der Waals surface area contributed by atoms with Gasteiger partial charge in [-0.25, -0.2) is 0 Å². The van der Waals surface area contributed by atoms with Crippen LogP contribution in [0.3, 0.4) is 0 Å². The topological polar surface area (TPSA) is 21.3 Å². The fourth-order valence-corrected chi connectivity index (χ4v) is 4.80. The zero-order valence-corrected chi connectivity index (χ0v) is 13.9. The molecule has 3 heteroatoms. The van der Waals surface area contributed by atoms with Gasteiger partial charge in [-0.15, -0.1) is 0 Å². The average molecular weight is 338 g/mol. The van der Waals surface area contributed by atoms with Crippen LogP contribution in [0.15, 0.2) is 28.7 Å². The third-order valence-electron chi connectivity index (χ3n) is 4.99. The lowest BCUT2D eigenvalue weighted by atomic mass is 9.61. The molecule has 2 saturated heterocycles. The minimum atomic E-state index is 0.381. The van der Waals surface area contributed by atoms with E-state index in [1.54, 1.807) is 0 Å². The van der Waals surface area contributed by atoms with E-state index in [4.69, 9.17) is 4.74 Å². The van der Waals surface area contributed by atoms with Crippen molar-refractivity contribution in [2.45, 2.75) is 51.2 Å². The van der Waals surface area contributed by atoms with E-state index in [0.717, 1.165) is 13.1 Å². The van der Waals surface area contributed by atoms with Crippen LogP contribution in [0.1, 0.15) is 44.6 Å². The van der Waals surface area contributed by atoms with E-state index in [0.29, 0.717) is 23.5 Å². The fraction of sp³-hybridized carbons (Fsp3) is 0.647. The Bertz CT molecular complexity index is 466. The van der Waals surface area contributed by atoms with Gasteiger partial charge in [-0.3, -0.25) is 0 Å². The van der Waals surface area contributed by atoms with Crippen LogP contribution in [0.5, 0.6) is 0 Å². The Hall–Kier alpha value is -0.380. The highest BCUT2D eigenvalue weighted by Gasteiger charge is 2.46. The van der Waals surface area contributed by atoms with Crippen LogP contribution in [-0.4, -0.2) is 25.3 Å². The second-order valence-electron chi connectivity index (χ2n) is 6.59. The molecule has 3 rings (SSSR count). The molecule has 0 aliphatic carbocycles. The Morgan fingerprint density at radius 1 is 1.25 bits per heavy atom. The molecule has 0 radical (unpaired) electrons. The molecule has 20 heavy (non-hydrogen) atoms. The summed E-state index contributed by atoms with van der Waals surface area (Å²) in [6, 6.07) is 8.86. The molecule has 1 aromatic carbocycles. The maximum absolute atomic E-state index is 5.99. The van der Waals surface area contributed by atoms with Gasteiger partial charge in [0.2, 0.25) is 0 Å². The quantitative estimate of drug-likeness (QED) is 0.832. The SMILES string of the molecule is CC1CC2(CCNCC2c2cccc(Br)c2)CC(C)O1. The van der Waals surface area contributed by atoms with E-state index < -0.39 is 0 Å². The second kappa shape index (κ2) is 5.78. The molecule has 1 aromatic rings. The minimum Gasteiger partial charge on any atom is -0.376 e. The molecule has 2 aliphatic rings. The molecule has 0 amide bonds.